The van der Waals surface area contributed by atoms with Crippen molar-refractivity contribution >= 4 is 11.6 Å². The van der Waals surface area contributed by atoms with Gasteiger partial charge in [-0.25, -0.2) is 4.98 Å². The van der Waals surface area contributed by atoms with E-state index >= 15 is 0 Å². The molecule has 5 nitrogen and oxygen atoms in total. The Labute approximate surface area is 107 Å². The first-order valence-electron chi connectivity index (χ1n) is 6.29. The smallest absolute Gasteiger partial charge is 0.237 e. The third-order valence-electron chi connectivity index (χ3n) is 3.11. The molecule has 2 heterocycles. The number of amides is 1. The maximum Gasteiger partial charge on any atom is 0.237 e. The highest BCUT2D eigenvalue weighted by Gasteiger charge is 2.17. The number of anilines is 1. The van der Waals surface area contributed by atoms with Gasteiger partial charge in [0.2, 0.25) is 11.8 Å². The Morgan fingerprint density at radius 3 is 3.28 bits per heavy atom. The Kier molecular flexibility index (Phi) is 4.52. The third-order valence-corrected chi connectivity index (χ3v) is 3.11. The summed E-state index contributed by atoms with van der Waals surface area (Å²) in [6.45, 7) is 1.99. The molecule has 2 rings (SSSR count). The topological polar surface area (TPSA) is 63.2 Å². The van der Waals surface area contributed by atoms with E-state index in [9.17, 15) is 4.79 Å². The molecular weight excluding hydrogens is 230 g/mol. The number of carbonyl (C=O) groups is 1. The first kappa shape index (κ1) is 12.8. The molecule has 0 aromatic carbocycles. The summed E-state index contributed by atoms with van der Waals surface area (Å²) < 4.78 is 5.10. The maximum absolute atomic E-state index is 11.9. The SMILES string of the molecule is COc1ncccc1NC(=O)CC1CCCNC1. The van der Waals surface area contributed by atoms with Crippen LogP contribution in [0.1, 0.15) is 19.3 Å². The lowest BCUT2D eigenvalue weighted by molar-refractivity contribution is -0.117. The Bertz CT molecular complexity index is 403. The number of carbonyl (C=O) groups excluding carboxylic acids is 1. The van der Waals surface area contributed by atoms with E-state index in [1.807, 2.05) is 0 Å². The standard InChI is InChI=1S/C13H19N3O2/c1-18-13-11(5-3-7-15-13)16-12(17)8-10-4-2-6-14-9-10/h3,5,7,10,14H,2,4,6,8-9H2,1H3,(H,16,17). The molecule has 0 bridgehead atoms. The predicted molar refractivity (Wildman–Crippen MR) is 69.6 cm³/mol. The molecule has 98 valence electrons. The minimum atomic E-state index is 0.0231. The zero-order chi connectivity index (χ0) is 12.8. The van der Waals surface area contributed by atoms with E-state index in [1.165, 1.54) is 0 Å². The number of hydrogen-bond acceptors (Lipinski definition) is 4. The van der Waals surface area contributed by atoms with Gasteiger partial charge in [0.25, 0.3) is 0 Å². The van der Waals surface area contributed by atoms with Gasteiger partial charge in [0, 0.05) is 12.6 Å². The summed E-state index contributed by atoms with van der Waals surface area (Å²) >= 11 is 0. The van der Waals surface area contributed by atoms with Crippen LogP contribution in [0.3, 0.4) is 0 Å². The number of nitrogens with one attached hydrogen (secondary N) is 2. The van der Waals surface area contributed by atoms with Crippen LogP contribution in [0.15, 0.2) is 18.3 Å². The van der Waals surface area contributed by atoms with Crippen LogP contribution >= 0.6 is 0 Å². The van der Waals surface area contributed by atoms with Gasteiger partial charge in [-0.3, -0.25) is 4.79 Å². The highest BCUT2D eigenvalue weighted by molar-refractivity contribution is 5.92. The summed E-state index contributed by atoms with van der Waals surface area (Å²) in [5.41, 5.74) is 0.633. The average molecular weight is 249 g/mol. The zero-order valence-electron chi connectivity index (χ0n) is 10.6. The summed E-state index contributed by atoms with van der Waals surface area (Å²) in [5.74, 6) is 0.907. The van der Waals surface area contributed by atoms with Crippen LogP contribution in [0.2, 0.25) is 0 Å². The summed E-state index contributed by atoms with van der Waals surface area (Å²) in [7, 11) is 1.54. The number of ether oxygens (including phenoxy) is 1. The minimum absolute atomic E-state index is 0.0231. The third kappa shape index (κ3) is 3.43. The van der Waals surface area contributed by atoms with Crippen LogP contribution in [0.5, 0.6) is 5.88 Å². The second-order valence-electron chi connectivity index (χ2n) is 4.52. The van der Waals surface area contributed by atoms with Gasteiger partial charge in [0.15, 0.2) is 0 Å². The molecule has 1 aliphatic heterocycles. The van der Waals surface area contributed by atoms with Gasteiger partial charge in [-0.15, -0.1) is 0 Å². The average Bonchev–Trinajstić information content (AvgIpc) is 2.40. The lowest BCUT2D eigenvalue weighted by Gasteiger charge is -2.22. The molecule has 1 aromatic heterocycles. The van der Waals surface area contributed by atoms with Crippen molar-refractivity contribution in [2.75, 3.05) is 25.5 Å². The van der Waals surface area contributed by atoms with Crippen molar-refractivity contribution in [2.24, 2.45) is 5.92 Å². The van der Waals surface area contributed by atoms with E-state index < -0.39 is 0 Å². The lowest BCUT2D eigenvalue weighted by Crippen LogP contribution is -2.32. The van der Waals surface area contributed by atoms with Crippen molar-refractivity contribution in [3.63, 3.8) is 0 Å². The molecule has 1 aromatic rings. The van der Waals surface area contributed by atoms with E-state index in [-0.39, 0.29) is 5.91 Å². The van der Waals surface area contributed by atoms with Crippen molar-refractivity contribution in [1.29, 1.82) is 0 Å². The first-order chi connectivity index (χ1) is 8.79. The number of piperidine rings is 1. The van der Waals surface area contributed by atoms with Crippen molar-refractivity contribution in [1.82, 2.24) is 10.3 Å². The van der Waals surface area contributed by atoms with E-state index in [0.717, 1.165) is 25.9 Å². The fourth-order valence-corrected chi connectivity index (χ4v) is 2.21. The molecular formula is C13H19N3O2. The van der Waals surface area contributed by atoms with E-state index in [1.54, 1.807) is 25.4 Å². The fraction of sp³-hybridized carbons (Fsp3) is 0.538. The Balaban J connectivity index is 1.90. The van der Waals surface area contributed by atoms with Gasteiger partial charge in [0.05, 0.1) is 7.11 Å². The molecule has 1 fully saturated rings. The summed E-state index contributed by atoms with van der Waals surface area (Å²) in [6.07, 6.45) is 4.45. The second-order valence-corrected chi connectivity index (χ2v) is 4.52. The van der Waals surface area contributed by atoms with Gasteiger partial charge >= 0.3 is 0 Å². The van der Waals surface area contributed by atoms with Crippen molar-refractivity contribution < 1.29 is 9.53 Å². The number of nitrogens with zero attached hydrogens (tertiary/aromatic N) is 1. The van der Waals surface area contributed by atoms with E-state index in [0.29, 0.717) is 23.9 Å². The molecule has 0 radical (unpaired) electrons. The highest BCUT2D eigenvalue weighted by Crippen LogP contribution is 2.21. The summed E-state index contributed by atoms with van der Waals surface area (Å²) in [4.78, 5) is 16.0. The minimum Gasteiger partial charge on any atom is -0.480 e. The highest BCUT2D eigenvalue weighted by atomic mass is 16.5. The molecule has 1 unspecified atom stereocenters. The van der Waals surface area contributed by atoms with Crippen LogP contribution < -0.4 is 15.4 Å². The van der Waals surface area contributed by atoms with Crippen LogP contribution in [0.25, 0.3) is 0 Å². The Hall–Kier alpha value is -1.62. The molecule has 1 saturated heterocycles. The summed E-state index contributed by atoms with van der Waals surface area (Å²) in [5, 5.41) is 6.16. The Morgan fingerprint density at radius 2 is 2.56 bits per heavy atom. The van der Waals surface area contributed by atoms with E-state index in [2.05, 4.69) is 15.6 Å². The normalized spacial score (nSPS) is 19.3. The number of methoxy groups -OCH3 is 1. The number of rotatable bonds is 4. The molecule has 1 amide bonds. The fourth-order valence-electron chi connectivity index (χ4n) is 2.21. The monoisotopic (exact) mass is 249 g/mol. The number of hydrogen-bond donors (Lipinski definition) is 2. The predicted octanol–water partition coefficient (Wildman–Crippen LogP) is 1.42. The van der Waals surface area contributed by atoms with Gasteiger partial charge in [0.1, 0.15) is 5.69 Å². The number of pyridine rings is 1. The molecule has 1 aliphatic rings. The molecule has 0 spiro atoms. The second kappa shape index (κ2) is 6.35. The lowest BCUT2D eigenvalue weighted by atomic mass is 9.96. The zero-order valence-corrected chi connectivity index (χ0v) is 10.6. The van der Waals surface area contributed by atoms with Crippen molar-refractivity contribution in [2.45, 2.75) is 19.3 Å². The first-order valence-corrected chi connectivity index (χ1v) is 6.29. The van der Waals surface area contributed by atoms with Crippen molar-refractivity contribution in [3.8, 4) is 5.88 Å². The van der Waals surface area contributed by atoms with Gasteiger partial charge in [-0.05, 0) is 44.0 Å². The molecule has 2 N–H and O–H groups in total. The van der Waals surface area contributed by atoms with Gasteiger partial charge < -0.3 is 15.4 Å². The van der Waals surface area contributed by atoms with Gasteiger partial charge in [-0.2, -0.15) is 0 Å². The summed E-state index contributed by atoms with van der Waals surface area (Å²) in [6, 6.07) is 3.57. The van der Waals surface area contributed by atoms with Gasteiger partial charge in [-0.1, -0.05) is 0 Å². The molecule has 0 saturated carbocycles. The van der Waals surface area contributed by atoms with Crippen LogP contribution in [-0.4, -0.2) is 31.1 Å². The Morgan fingerprint density at radius 1 is 1.67 bits per heavy atom. The molecule has 0 aliphatic carbocycles. The molecule has 1 atom stereocenters. The maximum atomic E-state index is 11.9. The molecule has 5 heteroatoms. The van der Waals surface area contributed by atoms with E-state index in [4.69, 9.17) is 4.74 Å². The van der Waals surface area contributed by atoms with Crippen LogP contribution in [0.4, 0.5) is 5.69 Å². The quantitative estimate of drug-likeness (QED) is 0.847. The van der Waals surface area contributed by atoms with Crippen molar-refractivity contribution in [3.05, 3.63) is 18.3 Å². The van der Waals surface area contributed by atoms with Crippen LogP contribution in [0, 0.1) is 5.92 Å². The number of aromatic nitrogens is 1. The van der Waals surface area contributed by atoms with Crippen LogP contribution in [-0.2, 0) is 4.79 Å². The molecule has 18 heavy (non-hydrogen) atoms. The largest absolute Gasteiger partial charge is 0.480 e.